The molecule has 154 valence electrons. The molecule has 1 amide bonds. The molecule has 29 heavy (non-hydrogen) atoms. The molecule has 1 fully saturated rings. The number of hydrogen-bond donors (Lipinski definition) is 3. The van der Waals surface area contributed by atoms with E-state index < -0.39 is 5.82 Å². The molecule has 0 aliphatic carbocycles. The number of anilines is 1. The Kier molecular flexibility index (Phi) is 6.49. The van der Waals surface area contributed by atoms with Gasteiger partial charge in [0, 0.05) is 41.3 Å². The second-order valence-corrected chi connectivity index (χ2v) is 7.42. The number of allylic oxidation sites excluding steroid dienone is 1. The van der Waals surface area contributed by atoms with Crippen molar-refractivity contribution in [3.8, 4) is 0 Å². The van der Waals surface area contributed by atoms with Crippen LogP contribution >= 0.6 is 0 Å². The normalized spacial score (nSPS) is 14.9. The van der Waals surface area contributed by atoms with Crippen molar-refractivity contribution in [2.45, 2.75) is 26.7 Å². The first kappa shape index (κ1) is 20.8. The summed E-state index contributed by atoms with van der Waals surface area (Å²) in [6, 6.07) is 3.90. The van der Waals surface area contributed by atoms with Gasteiger partial charge >= 0.3 is 0 Å². The maximum absolute atomic E-state index is 13.6. The molecule has 1 aliphatic rings. The Bertz CT molecular complexity index is 943. The number of rotatable bonds is 7. The van der Waals surface area contributed by atoms with Gasteiger partial charge in [-0.3, -0.25) is 9.59 Å². The minimum Gasteiger partial charge on any atom is -0.398 e. The van der Waals surface area contributed by atoms with Gasteiger partial charge in [0.1, 0.15) is 5.82 Å². The topological polar surface area (TPSA) is 91.2 Å². The van der Waals surface area contributed by atoms with Crippen molar-refractivity contribution < 1.29 is 14.0 Å². The van der Waals surface area contributed by atoms with Crippen molar-refractivity contribution in [2.24, 2.45) is 0 Å². The van der Waals surface area contributed by atoms with Crippen molar-refractivity contribution in [3.05, 3.63) is 52.1 Å². The maximum Gasteiger partial charge on any atom is 0.253 e. The third-order valence-electron chi connectivity index (χ3n) is 5.37. The summed E-state index contributed by atoms with van der Waals surface area (Å²) in [7, 11) is 0. The van der Waals surface area contributed by atoms with Crippen molar-refractivity contribution in [3.63, 3.8) is 0 Å². The molecule has 0 saturated carbocycles. The van der Waals surface area contributed by atoms with Gasteiger partial charge in [0.2, 0.25) is 0 Å². The first-order valence-corrected chi connectivity index (χ1v) is 9.82. The number of aromatic amines is 1. The van der Waals surface area contributed by atoms with Crippen LogP contribution in [-0.2, 0) is 4.79 Å². The average Bonchev–Trinajstić information content (AvgIpc) is 3.29. The number of aryl methyl sites for hydroxylation is 1. The monoisotopic (exact) mass is 398 g/mol. The zero-order valence-corrected chi connectivity index (χ0v) is 16.8. The number of hydrogen-bond acceptors (Lipinski definition) is 4. The lowest BCUT2D eigenvalue weighted by atomic mass is 10.0. The van der Waals surface area contributed by atoms with Crippen LogP contribution in [0.25, 0.3) is 11.6 Å². The van der Waals surface area contributed by atoms with Gasteiger partial charge in [-0.1, -0.05) is 0 Å². The van der Waals surface area contributed by atoms with E-state index in [1.165, 1.54) is 31.0 Å². The molecule has 4 N–H and O–H groups in total. The first-order chi connectivity index (χ1) is 13.9. The maximum atomic E-state index is 13.6. The van der Waals surface area contributed by atoms with Crippen LogP contribution in [0.5, 0.6) is 0 Å². The molecule has 2 aromatic rings. The Morgan fingerprint density at radius 1 is 1.31 bits per heavy atom. The Morgan fingerprint density at radius 3 is 2.72 bits per heavy atom. The number of nitrogen functional groups attached to an aromatic ring is 1. The van der Waals surface area contributed by atoms with Crippen molar-refractivity contribution in [1.29, 1.82) is 0 Å². The molecule has 6 nitrogen and oxygen atoms in total. The number of nitrogens with two attached hydrogens (primary N) is 1. The van der Waals surface area contributed by atoms with Crippen molar-refractivity contribution in [2.75, 3.05) is 31.9 Å². The second kappa shape index (κ2) is 9.05. The SMILES string of the molecule is Cc1[nH]c(/C=C(\C=O)c2cc(F)ccc2N)c(C)c1C(=O)NCCN1CCCC1. The molecule has 1 aliphatic heterocycles. The van der Waals surface area contributed by atoms with E-state index in [0.29, 0.717) is 41.0 Å². The number of nitrogens with one attached hydrogen (secondary N) is 2. The first-order valence-electron chi connectivity index (χ1n) is 9.82. The fraction of sp³-hybridized carbons (Fsp3) is 0.364. The van der Waals surface area contributed by atoms with Crippen LogP contribution in [0.4, 0.5) is 10.1 Å². The van der Waals surface area contributed by atoms with E-state index in [0.717, 1.165) is 25.2 Å². The van der Waals surface area contributed by atoms with E-state index in [4.69, 9.17) is 5.73 Å². The summed E-state index contributed by atoms with van der Waals surface area (Å²) < 4.78 is 13.6. The third kappa shape index (κ3) is 4.74. The predicted molar refractivity (Wildman–Crippen MR) is 113 cm³/mol. The van der Waals surface area contributed by atoms with Crippen molar-refractivity contribution in [1.82, 2.24) is 15.2 Å². The highest BCUT2D eigenvalue weighted by Gasteiger charge is 2.19. The third-order valence-corrected chi connectivity index (χ3v) is 5.37. The zero-order valence-electron chi connectivity index (χ0n) is 16.8. The van der Waals surface area contributed by atoms with E-state index in [2.05, 4.69) is 15.2 Å². The molecule has 1 aromatic heterocycles. The molecular weight excluding hydrogens is 371 g/mol. The molecule has 7 heteroatoms. The summed E-state index contributed by atoms with van der Waals surface area (Å²) in [5.74, 6) is -0.618. The second-order valence-electron chi connectivity index (χ2n) is 7.42. The number of benzene rings is 1. The Balaban J connectivity index is 1.80. The van der Waals surface area contributed by atoms with Crippen LogP contribution in [0.15, 0.2) is 18.2 Å². The smallest absolute Gasteiger partial charge is 0.253 e. The van der Waals surface area contributed by atoms with Gasteiger partial charge in [-0.25, -0.2) is 4.39 Å². The number of nitrogens with zero attached hydrogens (tertiary/aromatic N) is 1. The number of carbonyl (C=O) groups is 2. The predicted octanol–water partition coefficient (Wildman–Crippen LogP) is 2.92. The summed E-state index contributed by atoms with van der Waals surface area (Å²) in [5.41, 5.74) is 9.41. The quantitative estimate of drug-likeness (QED) is 0.380. The summed E-state index contributed by atoms with van der Waals surface area (Å²) in [4.78, 5) is 29.8. The number of carbonyl (C=O) groups excluding carboxylic acids is 2. The minimum atomic E-state index is -0.473. The van der Waals surface area contributed by atoms with Crippen LogP contribution in [0, 0.1) is 19.7 Å². The number of aromatic nitrogens is 1. The van der Waals surface area contributed by atoms with Gasteiger partial charge in [-0.15, -0.1) is 0 Å². The van der Waals surface area contributed by atoms with E-state index in [1.54, 1.807) is 6.08 Å². The molecule has 0 unspecified atom stereocenters. The number of likely N-dealkylation sites (tertiary alicyclic amines) is 1. The molecule has 0 spiro atoms. The Labute approximate surface area is 170 Å². The average molecular weight is 398 g/mol. The van der Waals surface area contributed by atoms with Gasteiger partial charge in [0.15, 0.2) is 6.29 Å². The number of amides is 1. The van der Waals surface area contributed by atoms with Crippen LogP contribution in [-0.4, -0.2) is 48.3 Å². The standard InChI is InChI=1S/C22H27FN4O2/c1-14-20(11-16(13-28)18-12-17(23)5-6-19(18)24)26-15(2)21(14)22(29)25-7-10-27-8-3-4-9-27/h5-6,11-13,26H,3-4,7-10,24H2,1-2H3,(H,25,29)/b16-11+. The van der Waals surface area contributed by atoms with E-state index in [1.807, 2.05) is 13.8 Å². The summed E-state index contributed by atoms with van der Waals surface area (Å²) in [5, 5.41) is 2.98. The molecule has 1 aromatic carbocycles. The molecule has 1 saturated heterocycles. The zero-order chi connectivity index (χ0) is 21.0. The number of halogens is 1. The van der Waals surface area contributed by atoms with E-state index >= 15 is 0 Å². The van der Waals surface area contributed by atoms with Crippen LogP contribution < -0.4 is 11.1 Å². The lowest BCUT2D eigenvalue weighted by molar-refractivity contribution is -0.103. The number of aldehydes is 1. The van der Waals surface area contributed by atoms with E-state index in [-0.39, 0.29) is 11.5 Å². The lowest BCUT2D eigenvalue weighted by Crippen LogP contribution is -2.33. The van der Waals surface area contributed by atoms with Crippen molar-refractivity contribution >= 4 is 29.5 Å². The van der Waals surface area contributed by atoms with Crippen LogP contribution in [0.2, 0.25) is 0 Å². The minimum absolute atomic E-state index is 0.145. The molecular formula is C22H27FN4O2. The van der Waals surface area contributed by atoms with Gasteiger partial charge in [0.05, 0.1) is 5.56 Å². The fourth-order valence-electron chi connectivity index (χ4n) is 3.79. The largest absolute Gasteiger partial charge is 0.398 e. The number of H-pyrrole nitrogens is 1. The highest BCUT2D eigenvalue weighted by Crippen LogP contribution is 2.26. The highest BCUT2D eigenvalue weighted by atomic mass is 19.1. The molecule has 0 bridgehead atoms. The van der Waals surface area contributed by atoms with Gasteiger partial charge in [-0.2, -0.15) is 0 Å². The van der Waals surface area contributed by atoms with Gasteiger partial charge < -0.3 is 20.9 Å². The fourth-order valence-corrected chi connectivity index (χ4v) is 3.79. The summed E-state index contributed by atoms with van der Waals surface area (Å²) in [6.07, 6.45) is 4.67. The molecule has 0 radical (unpaired) electrons. The van der Waals surface area contributed by atoms with Gasteiger partial charge in [-0.05, 0) is 69.6 Å². The molecule has 2 heterocycles. The summed E-state index contributed by atoms with van der Waals surface area (Å²) >= 11 is 0. The summed E-state index contributed by atoms with van der Waals surface area (Å²) in [6.45, 7) is 7.25. The Hall–Kier alpha value is -2.93. The Morgan fingerprint density at radius 2 is 2.03 bits per heavy atom. The highest BCUT2D eigenvalue weighted by molar-refractivity contribution is 6.15. The van der Waals surface area contributed by atoms with Crippen LogP contribution in [0.3, 0.4) is 0 Å². The molecule has 0 atom stereocenters. The van der Waals surface area contributed by atoms with E-state index in [9.17, 15) is 14.0 Å². The molecule has 3 rings (SSSR count). The van der Waals surface area contributed by atoms with Gasteiger partial charge in [0.25, 0.3) is 5.91 Å². The lowest BCUT2D eigenvalue weighted by Gasteiger charge is -2.14. The van der Waals surface area contributed by atoms with Crippen LogP contribution in [0.1, 0.15) is 45.7 Å².